The van der Waals surface area contributed by atoms with Crippen molar-refractivity contribution < 1.29 is 9.90 Å². The first kappa shape index (κ1) is 16.7. The number of piperazine rings is 1. The average molecular weight is 328 g/mol. The lowest BCUT2D eigenvalue weighted by Gasteiger charge is -2.36. The lowest BCUT2D eigenvalue weighted by Crippen LogP contribution is -2.49. The van der Waals surface area contributed by atoms with Crippen molar-refractivity contribution in [2.75, 3.05) is 32.7 Å². The summed E-state index contributed by atoms with van der Waals surface area (Å²) in [5.41, 5.74) is 1.60. The number of carbonyl (C=O) groups is 1. The first-order valence-corrected chi connectivity index (χ1v) is 8.38. The van der Waals surface area contributed by atoms with Gasteiger partial charge in [0, 0.05) is 45.0 Å². The van der Waals surface area contributed by atoms with Gasteiger partial charge in [0.2, 0.25) is 0 Å². The summed E-state index contributed by atoms with van der Waals surface area (Å²) in [5.74, 6) is -0.0401. The normalized spacial score (nSPS) is 17.8. The van der Waals surface area contributed by atoms with Crippen LogP contribution in [0.3, 0.4) is 0 Å². The van der Waals surface area contributed by atoms with Crippen molar-refractivity contribution in [2.45, 2.75) is 13.0 Å². The van der Waals surface area contributed by atoms with Gasteiger partial charge in [-0.2, -0.15) is 0 Å². The molecular formula is C18H24N4O2. The molecule has 0 bridgehead atoms. The lowest BCUT2D eigenvalue weighted by atomic mass is 10.1. The van der Waals surface area contributed by atoms with E-state index in [1.807, 2.05) is 53.0 Å². The summed E-state index contributed by atoms with van der Waals surface area (Å²) in [7, 11) is 1.91. The Labute approximate surface area is 142 Å². The molecule has 0 radical (unpaired) electrons. The number of rotatable bonds is 5. The van der Waals surface area contributed by atoms with Gasteiger partial charge >= 0.3 is 5.97 Å². The summed E-state index contributed by atoms with van der Waals surface area (Å²) < 4.78 is 1.91. The van der Waals surface area contributed by atoms with Gasteiger partial charge in [-0.05, 0) is 6.54 Å². The van der Waals surface area contributed by atoms with Crippen molar-refractivity contribution in [3.8, 4) is 11.4 Å². The van der Waals surface area contributed by atoms with Gasteiger partial charge < -0.3 is 14.6 Å². The zero-order chi connectivity index (χ0) is 17.1. The van der Waals surface area contributed by atoms with E-state index in [2.05, 4.69) is 16.8 Å². The third kappa shape index (κ3) is 3.34. The minimum absolute atomic E-state index is 0.605. The van der Waals surface area contributed by atoms with Gasteiger partial charge in [0.1, 0.15) is 5.82 Å². The van der Waals surface area contributed by atoms with Gasteiger partial charge in [0.15, 0.2) is 6.04 Å². The Balaban J connectivity index is 1.86. The fraction of sp³-hybridized carbons (Fsp3) is 0.444. The molecule has 0 aliphatic carbocycles. The maximum absolute atomic E-state index is 11.9. The number of carboxylic acid groups (broad SMARTS) is 1. The van der Waals surface area contributed by atoms with Gasteiger partial charge in [-0.3, -0.25) is 9.69 Å². The number of benzene rings is 1. The second-order valence-electron chi connectivity index (χ2n) is 6.18. The number of nitrogens with zero attached hydrogens (tertiary/aromatic N) is 4. The number of carboxylic acids is 1. The van der Waals surface area contributed by atoms with Crippen LogP contribution >= 0.6 is 0 Å². The first-order valence-electron chi connectivity index (χ1n) is 8.38. The molecule has 6 nitrogen and oxygen atoms in total. The summed E-state index contributed by atoms with van der Waals surface area (Å²) in [6, 6.07) is 9.17. The van der Waals surface area contributed by atoms with E-state index in [1.54, 1.807) is 0 Å². The maximum Gasteiger partial charge on any atom is 0.327 e. The molecule has 1 saturated heterocycles. The Morgan fingerprint density at radius 1 is 1.21 bits per heavy atom. The Morgan fingerprint density at radius 3 is 2.46 bits per heavy atom. The number of aliphatic carboxylic acids is 1. The Morgan fingerprint density at radius 2 is 1.88 bits per heavy atom. The van der Waals surface area contributed by atoms with Crippen LogP contribution in [-0.4, -0.2) is 63.2 Å². The van der Waals surface area contributed by atoms with Crippen LogP contribution in [0, 0.1) is 0 Å². The lowest BCUT2D eigenvalue weighted by molar-refractivity contribution is -0.144. The third-order valence-corrected chi connectivity index (χ3v) is 4.66. The summed E-state index contributed by atoms with van der Waals surface area (Å²) in [4.78, 5) is 20.9. The molecular weight excluding hydrogens is 304 g/mol. The summed E-state index contributed by atoms with van der Waals surface area (Å²) in [6.45, 7) is 6.45. The molecule has 2 heterocycles. The van der Waals surface area contributed by atoms with Crippen LogP contribution in [0.5, 0.6) is 0 Å². The topological polar surface area (TPSA) is 61.6 Å². The standard InChI is InChI=1S/C18H24N4O2/c1-3-21-9-11-22(12-10-21)16(18(23)24)15-13-20(2)17(19-15)14-7-5-4-6-8-14/h4-8,13,16H,3,9-12H2,1-2H3,(H,23,24). The number of likely N-dealkylation sites (N-methyl/N-ethyl adjacent to an activating group) is 1. The van der Waals surface area contributed by atoms with Crippen LogP contribution in [0.4, 0.5) is 0 Å². The third-order valence-electron chi connectivity index (χ3n) is 4.66. The van der Waals surface area contributed by atoms with E-state index < -0.39 is 12.0 Å². The summed E-state index contributed by atoms with van der Waals surface area (Å²) >= 11 is 0. The highest BCUT2D eigenvalue weighted by molar-refractivity contribution is 5.75. The molecule has 1 aliphatic rings. The molecule has 1 fully saturated rings. The highest BCUT2D eigenvalue weighted by atomic mass is 16.4. The molecule has 1 aliphatic heterocycles. The van der Waals surface area contributed by atoms with Gasteiger partial charge in [0.05, 0.1) is 5.69 Å². The van der Waals surface area contributed by atoms with Gasteiger partial charge in [-0.25, -0.2) is 4.98 Å². The minimum Gasteiger partial charge on any atom is -0.480 e. The fourth-order valence-electron chi connectivity index (χ4n) is 3.28. The fourth-order valence-corrected chi connectivity index (χ4v) is 3.28. The monoisotopic (exact) mass is 328 g/mol. The first-order chi connectivity index (χ1) is 11.6. The molecule has 2 aromatic rings. The zero-order valence-electron chi connectivity index (χ0n) is 14.2. The molecule has 24 heavy (non-hydrogen) atoms. The van der Waals surface area contributed by atoms with Crippen molar-refractivity contribution in [3.63, 3.8) is 0 Å². The van der Waals surface area contributed by atoms with Crippen molar-refractivity contribution in [3.05, 3.63) is 42.2 Å². The number of hydrogen-bond acceptors (Lipinski definition) is 4. The largest absolute Gasteiger partial charge is 0.480 e. The molecule has 0 saturated carbocycles. The molecule has 1 N–H and O–H groups in total. The van der Waals surface area contributed by atoms with Crippen LogP contribution in [-0.2, 0) is 11.8 Å². The van der Waals surface area contributed by atoms with Crippen molar-refractivity contribution in [1.29, 1.82) is 0 Å². The molecule has 1 aromatic carbocycles. The SMILES string of the molecule is CCN1CCN(C(C(=O)O)c2cn(C)c(-c3ccccc3)n2)CC1. The van der Waals surface area contributed by atoms with Crippen molar-refractivity contribution >= 4 is 5.97 Å². The molecule has 3 rings (SSSR count). The average Bonchev–Trinajstić information content (AvgIpc) is 2.97. The Hall–Kier alpha value is -2.18. The molecule has 0 spiro atoms. The molecule has 6 heteroatoms. The van der Waals surface area contributed by atoms with E-state index in [4.69, 9.17) is 0 Å². The van der Waals surface area contributed by atoms with E-state index in [0.29, 0.717) is 5.69 Å². The van der Waals surface area contributed by atoms with Gasteiger partial charge in [0.25, 0.3) is 0 Å². The van der Waals surface area contributed by atoms with Crippen molar-refractivity contribution in [2.24, 2.45) is 7.05 Å². The number of imidazole rings is 1. The van der Waals surface area contributed by atoms with Crippen molar-refractivity contribution in [1.82, 2.24) is 19.4 Å². The van der Waals surface area contributed by atoms with Crippen LogP contribution < -0.4 is 0 Å². The number of aryl methyl sites for hydroxylation is 1. The minimum atomic E-state index is -0.835. The zero-order valence-corrected chi connectivity index (χ0v) is 14.2. The number of hydrogen-bond donors (Lipinski definition) is 1. The second kappa shape index (κ2) is 7.15. The molecule has 128 valence electrons. The predicted octanol–water partition coefficient (Wildman–Crippen LogP) is 1.85. The molecule has 1 atom stereocenters. The van der Waals surface area contributed by atoms with Gasteiger partial charge in [-0.1, -0.05) is 37.3 Å². The van der Waals surface area contributed by atoms with Crippen LogP contribution in [0.25, 0.3) is 11.4 Å². The highest BCUT2D eigenvalue weighted by Crippen LogP contribution is 2.25. The molecule has 1 aromatic heterocycles. The van der Waals surface area contributed by atoms with Crippen LogP contribution in [0.15, 0.2) is 36.5 Å². The van der Waals surface area contributed by atoms with E-state index in [-0.39, 0.29) is 0 Å². The molecule has 1 unspecified atom stereocenters. The smallest absolute Gasteiger partial charge is 0.327 e. The summed E-state index contributed by atoms with van der Waals surface area (Å²) in [6.07, 6.45) is 1.84. The Kier molecular flexibility index (Phi) is 4.97. The van der Waals surface area contributed by atoms with Gasteiger partial charge in [-0.15, -0.1) is 0 Å². The Bertz CT molecular complexity index is 690. The quantitative estimate of drug-likeness (QED) is 0.908. The van der Waals surface area contributed by atoms with E-state index in [9.17, 15) is 9.90 Å². The number of aromatic nitrogens is 2. The summed E-state index contributed by atoms with van der Waals surface area (Å²) in [5, 5.41) is 9.77. The maximum atomic E-state index is 11.9. The van der Waals surface area contributed by atoms with E-state index in [1.165, 1.54) is 0 Å². The predicted molar refractivity (Wildman–Crippen MR) is 92.7 cm³/mol. The van der Waals surface area contributed by atoms with E-state index in [0.717, 1.165) is 44.1 Å². The molecule has 0 amide bonds. The van der Waals surface area contributed by atoms with Crippen LogP contribution in [0.1, 0.15) is 18.7 Å². The van der Waals surface area contributed by atoms with Crippen LogP contribution in [0.2, 0.25) is 0 Å². The highest BCUT2D eigenvalue weighted by Gasteiger charge is 2.32. The second-order valence-corrected chi connectivity index (χ2v) is 6.18. The van der Waals surface area contributed by atoms with E-state index >= 15 is 0 Å².